The van der Waals surface area contributed by atoms with E-state index in [0.29, 0.717) is 11.1 Å². The maximum atomic E-state index is 9.79. The van der Waals surface area contributed by atoms with Crippen LogP contribution in [0.5, 0.6) is 0 Å². The van der Waals surface area contributed by atoms with Crippen molar-refractivity contribution in [1.29, 1.82) is 0 Å². The Morgan fingerprint density at radius 3 is 1.67 bits per heavy atom. The number of rotatable bonds is 5. The first kappa shape index (κ1) is 21.2. The third kappa shape index (κ3) is 5.46. The first-order chi connectivity index (χ1) is 34.3. The molecule has 0 aliphatic heterocycles. The van der Waals surface area contributed by atoms with Crippen LogP contribution >= 0.6 is 0 Å². The van der Waals surface area contributed by atoms with Gasteiger partial charge >= 0.3 is 0 Å². The molecule has 0 saturated carbocycles. The summed E-state index contributed by atoms with van der Waals surface area (Å²) in [7, 11) is 0. The fraction of sp³-hybridized carbons (Fsp3) is 0.0556. The quantitative estimate of drug-likeness (QED) is 0.165. The maximum Gasteiger partial charge on any atom is 0.164 e. The standard InChI is InChI=1S/C54H37N3/c1-54(2)49-25-11-10-24-46(49)47-29-27-38(33-50(47)54)36-17-13-19-40(31-36)53-56-51(34-14-4-3-5-15-34)55-52(57-53)39-18-12-16-35(30-39)37-26-28-45-43-22-7-6-20-41(43)42-21-8-9-23-44(42)48(45)32-37/h3-33H,1-2H3/i6D,7D,8D,9D,12D,16D,18D,20D,21D,22D,23D,26D,28D,30D,32D. The molecule has 268 valence electrons. The molecule has 10 aromatic rings. The summed E-state index contributed by atoms with van der Waals surface area (Å²) in [6.45, 7) is 4.41. The molecule has 57 heavy (non-hydrogen) atoms. The molecular formula is C54H37N3. The van der Waals surface area contributed by atoms with Crippen molar-refractivity contribution in [1.82, 2.24) is 15.0 Å². The van der Waals surface area contributed by atoms with Gasteiger partial charge < -0.3 is 0 Å². The van der Waals surface area contributed by atoms with E-state index in [2.05, 4.69) is 44.2 Å². The van der Waals surface area contributed by atoms with Crippen LogP contribution in [0.1, 0.15) is 45.5 Å². The highest BCUT2D eigenvalue weighted by Crippen LogP contribution is 2.49. The molecule has 0 fully saturated rings. The highest BCUT2D eigenvalue weighted by molar-refractivity contribution is 6.25. The van der Waals surface area contributed by atoms with Gasteiger partial charge in [-0.15, -0.1) is 0 Å². The summed E-state index contributed by atoms with van der Waals surface area (Å²) in [5, 5.41) is -2.18. The molecule has 3 heteroatoms. The van der Waals surface area contributed by atoms with Crippen molar-refractivity contribution in [3.63, 3.8) is 0 Å². The second kappa shape index (κ2) is 12.9. The average molecular weight is 743 g/mol. The number of benzene rings is 9. The Hall–Kier alpha value is -7.23. The largest absolute Gasteiger partial charge is 0.208 e. The highest BCUT2D eigenvalue weighted by atomic mass is 15.0. The van der Waals surface area contributed by atoms with Gasteiger partial charge in [0, 0.05) is 22.1 Å². The number of hydrogen-bond donors (Lipinski definition) is 0. The fourth-order valence-corrected chi connectivity index (χ4v) is 7.92. The van der Waals surface area contributed by atoms with Gasteiger partial charge in [0.15, 0.2) is 17.5 Å². The summed E-state index contributed by atoms with van der Waals surface area (Å²) >= 11 is 0. The van der Waals surface area contributed by atoms with E-state index >= 15 is 0 Å². The fourth-order valence-electron chi connectivity index (χ4n) is 7.92. The lowest BCUT2D eigenvalue weighted by molar-refractivity contribution is 0.660. The van der Waals surface area contributed by atoms with Crippen LogP contribution in [0.2, 0.25) is 0 Å². The minimum atomic E-state index is -0.775. The van der Waals surface area contributed by atoms with Crippen molar-refractivity contribution in [2.75, 3.05) is 0 Å². The van der Waals surface area contributed by atoms with Crippen molar-refractivity contribution in [3.8, 4) is 67.5 Å². The minimum absolute atomic E-state index is 0.148. The Labute approximate surface area is 353 Å². The van der Waals surface area contributed by atoms with Crippen LogP contribution in [0.25, 0.3) is 99.9 Å². The summed E-state index contributed by atoms with van der Waals surface area (Å²) < 4.78 is 136. The molecule has 0 spiro atoms. The molecule has 9 aromatic carbocycles. The Morgan fingerprint density at radius 2 is 0.912 bits per heavy atom. The monoisotopic (exact) mass is 742 g/mol. The van der Waals surface area contributed by atoms with Crippen molar-refractivity contribution in [2.24, 2.45) is 0 Å². The molecule has 0 unspecified atom stereocenters. The van der Waals surface area contributed by atoms with Crippen molar-refractivity contribution in [3.05, 3.63) is 199 Å². The zero-order valence-electron chi connectivity index (χ0n) is 45.6. The lowest BCUT2D eigenvalue weighted by atomic mass is 9.81. The Kier molecular flexibility index (Phi) is 4.80. The second-order valence-corrected chi connectivity index (χ2v) is 14.4. The first-order valence-electron chi connectivity index (χ1n) is 25.9. The Balaban J connectivity index is 1.16. The lowest BCUT2D eigenvalue weighted by Gasteiger charge is -2.22. The van der Waals surface area contributed by atoms with Gasteiger partial charge in [-0.05, 0) is 101 Å². The van der Waals surface area contributed by atoms with E-state index in [1.807, 2.05) is 42.5 Å². The molecule has 1 heterocycles. The predicted octanol–water partition coefficient (Wildman–Crippen LogP) is 14.0. The van der Waals surface area contributed by atoms with Crippen molar-refractivity contribution < 1.29 is 20.6 Å². The summed E-state index contributed by atoms with van der Waals surface area (Å²) in [5.74, 6) is 0.0611. The number of nitrogens with zero attached hydrogens (tertiary/aromatic N) is 3. The van der Waals surface area contributed by atoms with E-state index < -0.39 is 107 Å². The molecule has 0 bridgehead atoms. The van der Waals surface area contributed by atoms with Gasteiger partial charge in [0.05, 0.1) is 20.6 Å². The third-order valence-electron chi connectivity index (χ3n) is 10.7. The molecule has 0 N–H and O–H groups in total. The van der Waals surface area contributed by atoms with Crippen LogP contribution in [0.15, 0.2) is 188 Å². The van der Waals surface area contributed by atoms with Gasteiger partial charge in [-0.3, -0.25) is 0 Å². The number of hydrogen-bond acceptors (Lipinski definition) is 3. The van der Waals surface area contributed by atoms with Crippen molar-refractivity contribution in [2.45, 2.75) is 19.3 Å². The van der Waals surface area contributed by atoms with Crippen LogP contribution in [-0.2, 0) is 5.41 Å². The zero-order valence-corrected chi connectivity index (χ0v) is 30.6. The van der Waals surface area contributed by atoms with E-state index in [4.69, 9.17) is 27.3 Å². The topological polar surface area (TPSA) is 38.7 Å². The average Bonchev–Trinajstić information content (AvgIpc) is 3.62. The summed E-state index contributed by atoms with van der Waals surface area (Å²) in [5.41, 5.74) is 6.00. The molecule has 1 aromatic heterocycles. The predicted molar refractivity (Wildman–Crippen MR) is 237 cm³/mol. The number of fused-ring (bicyclic) bond motifs is 9. The zero-order chi connectivity index (χ0) is 51.1. The first-order valence-corrected chi connectivity index (χ1v) is 18.4. The smallest absolute Gasteiger partial charge is 0.164 e. The Morgan fingerprint density at radius 1 is 0.368 bits per heavy atom. The van der Waals surface area contributed by atoms with Gasteiger partial charge in [-0.1, -0.05) is 177 Å². The molecule has 3 nitrogen and oxygen atoms in total. The normalized spacial score (nSPS) is 16.6. The van der Waals surface area contributed by atoms with Crippen molar-refractivity contribution >= 4 is 32.3 Å². The molecule has 1 aliphatic carbocycles. The molecule has 0 atom stereocenters. The molecular weight excluding hydrogens is 691 g/mol. The molecule has 1 aliphatic rings. The maximum absolute atomic E-state index is 9.79. The number of aromatic nitrogens is 3. The van der Waals surface area contributed by atoms with Gasteiger partial charge in [0.1, 0.15) is 0 Å². The minimum Gasteiger partial charge on any atom is -0.208 e. The van der Waals surface area contributed by atoms with Gasteiger partial charge in [-0.2, -0.15) is 0 Å². The van der Waals surface area contributed by atoms with Crippen LogP contribution < -0.4 is 0 Å². The Bertz CT molecular complexity index is 4040. The molecule has 0 radical (unpaired) electrons. The summed E-state index contributed by atoms with van der Waals surface area (Å²) in [6.07, 6.45) is 0. The summed E-state index contributed by atoms with van der Waals surface area (Å²) in [4.78, 5) is 14.5. The van der Waals surface area contributed by atoms with E-state index in [1.54, 1.807) is 24.3 Å². The van der Waals surface area contributed by atoms with Crippen LogP contribution in [-0.4, -0.2) is 15.0 Å². The molecule has 11 rings (SSSR count). The summed E-state index contributed by atoms with van der Waals surface area (Å²) in [6, 6.07) is 20.7. The van der Waals surface area contributed by atoms with E-state index in [9.17, 15) is 8.22 Å². The van der Waals surface area contributed by atoms with E-state index in [0.717, 1.165) is 16.7 Å². The SMILES string of the molecule is [2H]c1c([2H])c(-c2nc(-c3ccccc3)nc(-c3cccc(-c4ccc5c(c4)C(C)(C)c4ccccc4-5)c3)n2)c([2H])c(-c2c([2H])c([2H])c3c4c([2H])c([2H])c([2H])c([2H])c4c4c([2H])c([2H])c([2H])c([2H])c4c3c2[2H])c1[2H]. The van der Waals surface area contributed by atoms with Crippen LogP contribution in [0.4, 0.5) is 0 Å². The molecule has 0 saturated heterocycles. The molecule has 0 amide bonds. The van der Waals surface area contributed by atoms with E-state index in [-0.39, 0.29) is 55.4 Å². The van der Waals surface area contributed by atoms with Gasteiger partial charge in [-0.25, -0.2) is 15.0 Å². The van der Waals surface area contributed by atoms with Gasteiger partial charge in [0.2, 0.25) is 0 Å². The second-order valence-electron chi connectivity index (χ2n) is 14.4. The van der Waals surface area contributed by atoms with Gasteiger partial charge in [0.25, 0.3) is 0 Å². The van der Waals surface area contributed by atoms with Crippen LogP contribution in [0, 0.1) is 0 Å². The lowest BCUT2D eigenvalue weighted by Crippen LogP contribution is -2.14. The van der Waals surface area contributed by atoms with E-state index in [1.165, 1.54) is 16.7 Å². The third-order valence-corrected chi connectivity index (χ3v) is 10.7. The highest BCUT2D eigenvalue weighted by Gasteiger charge is 2.35. The van der Waals surface area contributed by atoms with Crippen LogP contribution in [0.3, 0.4) is 0 Å².